The van der Waals surface area contributed by atoms with Crippen LogP contribution in [0.15, 0.2) is 24.8 Å². The van der Waals surface area contributed by atoms with E-state index in [0.29, 0.717) is 13.0 Å². The minimum absolute atomic E-state index is 0.0978. The second-order valence-corrected chi connectivity index (χ2v) is 4.68. The monoisotopic (exact) mass is 270 g/mol. The zero-order valence-corrected chi connectivity index (χ0v) is 11.2. The van der Waals surface area contributed by atoms with Crippen molar-refractivity contribution >= 4 is 24.6 Å². The van der Waals surface area contributed by atoms with Gasteiger partial charge in [0.25, 0.3) is 0 Å². The van der Waals surface area contributed by atoms with Gasteiger partial charge in [-0.05, 0) is 6.42 Å². The molecule has 1 heterocycles. The van der Waals surface area contributed by atoms with Crippen molar-refractivity contribution in [2.75, 3.05) is 20.2 Å². The minimum Gasteiger partial charge on any atom is -0.445 e. The highest BCUT2D eigenvalue weighted by Crippen LogP contribution is 2.23. The summed E-state index contributed by atoms with van der Waals surface area (Å²) < 4.78 is 4.99. The number of nitrogens with one attached hydrogen (secondary N) is 1. The second kappa shape index (κ2) is 7.10. The summed E-state index contributed by atoms with van der Waals surface area (Å²) >= 11 is 4.36. The smallest absolute Gasteiger partial charge is 0.410 e. The largest absolute Gasteiger partial charge is 0.445 e. The van der Waals surface area contributed by atoms with Gasteiger partial charge in [-0.3, -0.25) is 4.79 Å². The number of rotatable bonds is 4. The van der Waals surface area contributed by atoms with E-state index in [0.717, 1.165) is 0 Å². The molecule has 18 heavy (non-hydrogen) atoms. The summed E-state index contributed by atoms with van der Waals surface area (Å²) in [4.78, 5) is 24.5. The van der Waals surface area contributed by atoms with Crippen LogP contribution in [0.5, 0.6) is 0 Å². The molecule has 1 fully saturated rings. The Bertz CT molecular complexity index is 357. The van der Waals surface area contributed by atoms with Gasteiger partial charge in [-0.15, -0.1) is 0 Å². The molecule has 0 aromatic rings. The van der Waals surface area contributed by atoms with Crippen molar-refractivity contribution in [3.8, 4) is 0 Å². The van der Waals surface area contributed by atoms with Gasteiger partial charge in [0.2, 0.25) is 5.91 Å². The molecule has 0 aromatic heterocycles. The van der Waals surface area contributed by atoms with E-state index in [4.69, 9.17) is 4.74 Å². The van der Waals surface area contributed by atoms with Crippen LogP contribution in [0.25, 0.3) is 0 Å². The molecule has 5 nitrogen and oxygen atoms in total. The maximum Gasteiger partial charge on any atom is 0.410 e. The van der Waals surface area contributed by atoms with Crippen LogP contribution in [-0.2, 0) is 9.53 Å². The molecule has 0 bridgehead atoms. The molecule has 0 saturated carbocycles. The van der Waals surface area contributed by atoms with E-state index in [2.05, 4.69) is 24.5 Å². The van der Waals surface area contributed by atoms with Crippen molar-refractivity contribution in [2.24, 2.45) is 0 Å². The van der Waals surface area contributed by atoms with E-state index in [1.807, 2.05) is 0 Å². The summed E-state index contributed by atoms with van der Waals surface area (Å²) in [7, 11) is 1.55. The molecular weight excluding hydrogens is 252 g/mol. The van der Waals surface area contributed by atoms with Crippen molar-refractivity contribution in [3.63, 3.8) is 0 Å². The summed E-state index contributed by atoms with van der Waals surface area (Å²) in [6.07, 6.45) is 4.94. The topological polar surface area (TPSA) is 58.6 Å². The predicted molar refractivity (Wildman–Crippen MR) is 72.6 cm³/mol. The Kier molecular flexibility index (Phi) is 5.77. The number of amides is 2. The number of ether oxygens (including phenoxy) is 1. The molecule has 0 aromatic carbocycles. The molecule has 0 aliphatic carbocycles. The van der Waals surface area contributed by atoms with Gasteiger partial charge in [-0.25, -0.2) is 4.79 Å². The predicted octanol–water partition coefficient (Wildman–Crippen LogP) is 0.984. The fourth-order valence-electron chi connectivity index (χ4n) is 1.73. The van der Waals surface area contributed by atoms with Gasteiger partial charge < -0.3 is 15.0 Å². The Morgan fingerprint density at radius 1 is 1.61 bits per heavy atom. The first-order valence-electron chi connectivity index (χ1n) is 5.70. The molecule has 0 radical (unpaired) electrons. The van der Waals surface area contributed by atoms with Crippen LogP contribution >= 0.6 is 12.6 Å². The second-order valence-electron chi connectivity index (χ2n) is 3.95. The van der Waals surface area contributed by atoms with Gasteiger partial charge in [-0.2, -0.15) is 12.6 Å². The van der Waals surface area contributed by atoms with E-state index in [9.17, 15) is 9.59 Å². The minimum atomic E-state index is -0.405. The van der Waals surface area contributed by atoms with Crippen LogP contribution in [0.2, 0.25) is 0 Å². The Labute approximate surface area is 112 Å². The number of nitrogens with zero attached hydrogens (tertiary/aromatic N) is 1. The molecule has 1 N–H and O–H groups in total. The fraction of sp³-hybridized carbons (Fsp3) is 0.500. The van der Waals surface area contributed by atoms with E-state index < -0.39 is 6.09 Å². The van der Waals surface area contributed by atoms with Crippen molar-refractivity contribution in [1.29, 1.82) is 0 Å². The van der Waals surface area contributed by atoms with Crippen LogP contribution in [0.1, 0.15) is 6.42 Å². The first kappa shape index (κ1) is 14.6. The summed E-state index contributed by atoms with van der Waals surface area (Å²) in [6.45, 7) is 4.18. The lowest BCUT2D eigenvalue weighted by atomic mass is 10.2. The zero-order chi connectivity index (χ0) is 13.5. The van der Waals surface area contributed by atoms with E-state index in [1.165, 1.54) is 12.2 Å². The Morgan fingerprint density at radius 3 is 2.94 bits per heavy atom. The molecule has 1 rings (SSSR count). The van der Waals surface area contributed by atoms with Crippen LogP contribution in [-0.4, -0.2) is 48.4 Å². The standard InChI is InChI=1S/C12H18N2O3S/c1-3-6-17-12(16)14-8-10(18)7-9(14)4-5-11(15)13-2/h3-5,9-10,18H,1,6-8H2,2H3,(H,13,15)/t9-,10+/m1/s1. The van der Waals surface area contributed by atoms with Crippen molar-refractivity contribution in [2.45, 2.75) is 17.7 Å². The number of hydrogen-bond donors (Lipinski definition) is 2. The summed E-state index contributed by atoms with van der Waals surface area (Å²) in [5, 5.41) is 2.58. The van der Waals surface area contributed by atoms with Crippen LogP contribution in [0.3, 0.4) is 0 Å². The first-order chi connectivity index (χ1) is 8.58. The highest BCUT2D eigenvalue weighted by Gasteiger charge is 2.32. The van der Waals surface area contributed by atoms with Gasteiger partial charge in [0.15, 0.2) is 0 Å². The molecule has 0 unspecified atom stereocenters. The van der Waals surface area contributed by atoms with Crippen molar-refractivity contribution in [3.05, 3.63) is 24.8 Å². The molecule has 2 atom stereocenters. The number of likely N-dealkylation sites (tertiary alicyclic amines) is 1. The molecule has 1 aliphatic heterocycles. The number of hydrogen-bond acceptors (Lipinski definition) is 4. The quantitative estimate of drug-likeness (QED) is 0.455. The average Bonchev–Trinajstić information content (AvgIpc) is 2.74. The molecule has 2 amide bonds. The maximum absolute atomic E-state index is 11.8. The summed E-state index contributed by atoms with van der Waals surface area (Å²) in [5.74, 6) is -0.197. The lowest BCUT2D eigenvalue weighted by molar-refractivity contribution is -0.116. The Morgan fingerprint density at radius 2 is 2.33 bits per heavy atom. The normalized spacial score (nSPS) is 23.1. The van der Waals surface area contributed by atoms with Crippen molar-refractivity contribution < 1.29 is 14.3 Å². The summed E-state index contributed by atoms with van der Waals surface area (Å²) in [5.41, 5.74) is 0. The lowest BCUT2D eigenvalue weighted by Crippen LogP contribution is -2.35. The molecule has 1 aliphatic rings. The number of carbonyl (C=O) groups is 2. The number of likely N-dealkylation sites (N-methyl/N-ethyl adjacent to an activating group) is 1. The van der Waals surface area contributed by atoms with Crippen LogP contribution < -0.4 is 5.32 Å². The fourth-order valence-corrected chi connectivity index (χ4v) is 2.12. The maximum atomic E-state index is 11.8. The first-order valence-corrected chi connectivity index (χ1v) is 6.22. The third-order valence-corrected chi connectivity index (χ3v) is 2.97. The van der Waals surface area contributed by atoms with Crippen molar-refractivity contribution in [1.82, 2.24) is 10.2 Å². The number of carbonyl (C=O) groups excluding carboxylic acids is 2. The Balaban J connectivity index is 2.63. The van der Waals surface area contributed by atoms with E-state index in [-0.39, 0.29) is 23.8 Å². The van der Waals surface area contributed by atoms with Gasteiger partial charge >= 0.3 is 6.09 Å². The molecule has 1 saturated heterocycles. The lowest BCUT2D eigenvalue weighted by Gasteiger charge is -2.20. The SMILES string of the molecule is C=CCOC(=O)N1C[C@@H](S)C[C@H]1C=CC(=O)NC. The third kappa shape index (κ3) is 4.10. The van der Waals surface area contributed by atoms with Gasteiger partial charge in [0.1, 0.15) is 6.61 Å². The molecular formula is C12H18N2O3S. The summed E-state index contributed by atoms with van der Waals surface area (Å²) in [6, 6.07) is -0.151. The van der Waals surface area contributed by atoms with Gasteiger partial charge in [0, 0.05) is 24.9 Å². The van der Waals surface area contributed by atoms with E-state index >= 15 is 0 Å². The van der Waals surface area contributed by atoms with E-state index in [1.54, 1.807) is 18.0 Å². The van der Waals surface area contributed by atoms with Gasteiger partial charge in [0.05, 0.1) is 6.04 Å². The molecule has 0 spiro atoms. The zero-order valence-electron chi connectivity index (χ0n) is 10.3. The molecule has 100 valence electrons. The Hall–Kier alpha value is -1.43. The van der Waals surface area contributed by atoms with Crippen LogP contribution in [0.4, 0.5) is 4.79 Å². The highest BCUT2D eigenvalue weighted by atomic mass is 32.1. The number of thiol groups is 1. The van der Waals surface area contributed by atoms with Gasteiger partial charge in [-0.1, -0.05) is 18.7 Å². The van der Waals surface area contributed by atoms with Crippen LogP contribution in [0, 0.1) is 0 Å². The highest BCUT2D eigenvalue weighted by molar-refractivity contribution is 7.81. The third-order valence-electron chi connectivity index (χ3n) is 2.60. The molecule has 6 heteroatoms. The average molecular weight is 270 g/mol.